The topological polar surface area (TPSA) is 78.5 Å². The van der Waals surface area contributed by atoms with Gasteiger partial charge in [-0.2, -0.15) is 0 Å². The molecule has 3 rings (SSSR count). The molecule has 2 heterocycles. The number of piperidine rings is 1. The van der Waals surface area contributed by atoms with Gasteiger partial charge in [-0.15, -0.1) is 0 Å². The molecule has 6 heteroatoms. The molecule has 1 aromatic heterocycles. The van der Waals surface area contributed by atoms with Gasteiger partial charge in [0.15, 0.2) is 0 Å². The Hall–Kier alpha value is -2.34. The number of carbonyl (C=O) groups is 1. The van der Waals surface area contributed by atoms with Gasteiger partial charge in [-0.3, -0.25) is 4.90 Å². The first-order chi connectivity index (χ1) is 10.7. The van der Waals surface area contributed by atoms with Gasteiger partial charge in [-0.1, -0.05) is 18.2 Å². The summed E-state index contributed by atoms with van der Waals surface area (Å²) in [7, 11) is 0. The minimum Gasteiger partial charge on any atom is -0.478 e. The third-order valence-corrected chi connectivity index (χ3v) is 4.06. The molecule has 0 aliphatic carbocycles. The van der Waals surface area contributed by atoms with Crippen LogP contribution < -0.4 is 4.74 Å². The highest BCUT2D eigenvalue weighted by atomic mass is 16.5. The number of carboxylic acids is 1. The number of hydrogen-bond acceptors (Lipinski definition) is 4. The lowest BCUT2D eigenvalue weighted by Gasteiger charge is -2.38. The van der Waals surface area contributed by atoms with E-state index < -0.39 is 11.6 Å². The molecule has 2 aromatic rings. The van der Waals surface area contributed by atoms with Gasteiger partial charge in [-0.25, -0.2) is 9.78 Å². The molecule has 0 radical (unpaired) electrons. The lowest BCUT2D eigenvalue weighted by Crippen LogP contribution is -2.53. The second-order valence-corrected chi connectivity index (χ2v) is 5.57. The summed E-state index contributed by atoms with van der Waals surface area (Å²) >= 11 is 0. The SMILES string of the molecule is O=C(O)C1(Oc2ccccc2)CCN(Cc2cnc[nH]2)CC1. The Morgan fingerprint density at radius 3 is 2.64 bits per heavy atom. The molecule has 0 saturated carbocycles. The highest BCUT2D eigenvalue weighted by Crippen LogP contribution is 2.29. The number of aromatic amines is 1. The molecular weight excluding hydrogens is 282 g/mol. The van der Waals surface area contributed by atoms with Crippen LogP contribution >= 0.6 is 0 Å². The number of carboxylic acid groups (broad SMARTS) is 1. The number of H-pyrrole nitrogens is 1. The van der Waals surface area contributed by atoms with Crippen molar-refractivity contribution < 1.29 is 14.6 Å². The van der Waals surface area contributed by atoms with E-state index in [0.29, 0.717) is 31.7 Å². The van der Waals surface area contributed by atoms with Crippen LogP contribution in [-0.2, 0) is 11.3 Å². The Labute approximate surface area is 128 Å². The summed E-state index contributed by atoms with van der Waals surface area (Å²) in [6.07, 6.45) is 4.37. The van der Waals surface area contributed by atoms with Gasteiger partial charge in [0.25, 0.3) is 0 Å². The Morgan fingerprint density at radius 1 is 1.32 bits per heavy atom. The molecule has 0 unspecified atom stereocenters. The van der Waals surface area contributed by atoms with E-state index in [4.69, 9.17) is 4.74 Å². The summed E-state index contributed by atoms with van der Waals surface area (Å²) < 4.78 is 5.84. The van der Waals surface area contributed by atoms with Crippen LogP contribution in [0, 0.1) is 0 Å². The van der Waals surface area contributed by atoms with Crippen LogP contribution in [0.4, 0.5) is 0 Å². The number of para-hydroxylation sites is 1. The monoisotopic (exact) mass is 301 g/mol. The number of nitrogens with one attached hydrogen (secondary N) is 1. The van der Waals surface area contributed by atoms with E-state index in [2.05, 4.69) is 14.9 Å². The van der Waals surface area contributed by atoms with Crippen LogP contribution in [0.15, 0.2) is 42.9 Å². The van der Waals surface area contributed by atoms with E-state index in [1.807, 2.05) is 18.2 Å². The summed E-state index contributed by atoms with van der Waals surface area (Å²) in [4.78, 5) is 21.0. The maximum absolute atomic E-state index is 11.7. The Balaban J connectivity index is 1.65. The maximum atomic E-state index is 11.7. The molecule has 1 aliphatic rings. The average Bonchev–Trinajstić information content (AvgIpc) is 3.03. The molecule has 0 atom stereocenters. The summed E-state index contributed by atoms with van der Waals surface area (Å²) in [5.41, 5.74) is -0.0990. The molecule has 116 valence electrons. The predicted molar refractivity (Wildman–Crippen MR) is 80.5 cm³/mol. The minimum atomic E-state index is -1.13. The number of aromatic nitrogens is 2. The molecule has 0 amide bonds. The minimum absolute atomic E-state index is 0.464. The van der Waals surface area contributed by atoms with Crippen molar-refractivity contribution in [1.82, 2.24) is 14.9 Å². The van der Waals surface area contributed by atoms with E-state index >= 15 is 0 Å². The van der Waals surface area contributed by atoms with Gasteiger partial charge >= 0.3 is 5.97 Å². The smallest absolute Gasteiger partial charge is 0.348 e. The van der Waals surface area contributed by atoms with Crippen molar-refractivity contribution in [3.05, 3.63) is 48.5 Å². The largest absolute Gasteiger partial charge is 0.478 e. The van der Waals surface area contributed by atoms with Gasteiger partial charge in [0.05, 0.1) is 6.33 Å². The number of rotatable bonds is 5. The highest BCUT2D eigenvalue weighted by molar-refractivity contribution is 5.78. The number of benzene rings is 1. The van der Waals surface area contributed by atoms with Gasteiger partial charge in [-0.05, 0) is 12.1 Å². The van der Waals surface area contributed by atoms with Crippen LogP contribution in [0.3, 0.4) is 0 Å². The third-order valence-electron chi connectivity index (χ3n) is 4.06. The van der Waals surface area contributed by atoms with Gasteiger partial charge in [0.2, 0.25) is 5.60 Å². The quantitative estimate of drug-likeness (QED) is 0.882. The van der Waals surface area contributed by atoms with Gasteiger partial charge in [0.1, 0.15) is 5.75 Å². The lowest BCUT2D eigenvalue weighted by atomic mass is 9.91. The van der Waals surface area contributed by atoms with E-state index in [1.165, 1.54) is 0 Å². The first-order valence-electron chi connectivity index (χ1n) is 7.35. The lowest BCUT2D eigenvalue weighted by molar-refractivity contribution is -0.159. The van der Waals surface area contributed by atoms with Crippen molar-refractivity contribution in [3.8, 4) is 5.75 Å². The number of likely N-dealkylation sites (tertiary alicyclic amines) is 1. The molecule has 6 nitrogen and oxygen atoms in total. The van der Waals surface area contributed by atoms with Crippen LogP contribution in [0.5, 0.6) is 5.75 Å². The summed E-state index contributed by atoms with van der Waals surface area (Å²) in [5.74, 6) is -0.288. The van der Waals surface area contributed by atoms with Crippen molar-refractivity contribution in [1.29, 1.82) is 0 Å². The molecule has 1 aliphatic heterocycles. The van der Waals surface area contributed by atoms with Gasteiger partial charge in [0, 0.05) is 44.4 Å². The number of hydrogen-bond donors (Lipinski definition) is 2. The van der Waals surface area contributed by atoms with Gasteiger partial charge < -0.3 is 14.8 Å². The number of nitrogens with zero attached hydrogens (tertiary/aromatic N) is 2. The van der Waals surface area contributed by atoms with E-state index in [9.17, 15) is 9.90 Å². The Bertz CT molecular complexity index is 605. The van der Waals surface area contributed by atoms with Crippen molar-refractivity contribution in [2.24, 2.45) is 0 Å². The fraction of sp³-hybridized carbons (Fsp3) is 0.375. The first kappa shape index (κ1) is 14.6. The highest BCUT2D eigenvalue weighted by Gasteiger charge is 2.44. The molecule has 0 bridgehead atoms. The predicted octanol–water partition coefficient (Wildman–Crippen LogP) is 1.91. The molecule has 2 N–H and O–H groups in total. The maximum Gasteiger partial charge on any atom is 0.348 e. The molecule has 0 spiro atoms. The van der Waals surface area contributed by atoms with Crippen molar-refractivity contribution >= 4 is 5.97 Å². The Morgan fingerprint density at radius 2 is 2.05 bits per heavy atom. The van der Waals surface area contributed by atoms with Crippen LogP contribution in [-0.4, -0.2) is 44.6 Å². The zero-order valence-corrected chi connectivity index (χ0v) is 12.2. The number of aliphatic carboxylic acids is 1. The fourth-order valence-electron chi connectivity index (χ4n) is 2.76. The normalized spacial score (nSPS) is 18.0. The number of imidazole rings is 1. The molecule has 22 heavy (non-hydrogen) atoms. The van der Waals surface area contributed by atoms with Crippen LogP contribution in [0.25, 0.3) is 0 Å². The summed E-state index contributed by atoms with van der Waals surface area (Å²) in [6.45, 7) is 2.11. The molecule has 1 saturated heterocycles. The van der Waals surface area contributed by atoms with Crippen molar-refractivity contribution in [2.45, 2.75) is 25.0 Å². The van der Waals surface area contributed by atoms with Crippen molar-refractivity contribution in [3.63, 3.8) is 0 Å². The van der Waals surface area contributed by atoms with Crippen LogP contribution in [0.1, 0.15) is 18.5 Å². The average molecular weight is 301 g/mol. The van der Waals surface area contributed by atoms with E-state index in [0.717, 1.165) is 12.2 Å². The molecule has 1 aromatic carbocycles. The zero-order valence-electron chi connectivity index (χ0n) is 12.2. The zero-order chi connectivity index (χ0) is 15.4. The first-order valence-corrected chi connectivity index (χ1v) is 7.35. The van der Waals surface area contributed by atoms with E-state index in [1.54, 1.807) is 24.7 Å². The molecular formula is C16H19N3O3. The van der Waals surface area contributed by atoms with E-state index in [-0.39, 0.29) is 0 Å². The Kier molecular flexibility index (Phi) is 4.11. The summed E-state index contributed by atoms with van der Waals surface area (Å²) in [6, 6.07) is 9.16. The molecule has 1 fully saturated rings. The van der Waals surface area contributed by atoms with Crippen molar-refractivity contribution in [2.75, 3.05) is 13.1 Å². The second kappa shape index (κ2) is 6.19. The number of ether oxygens (including phenoxy) is 1. The standard InChI is InChI=1S/C16H19N3O3/c20-15(21)16(22-14-4-2-1-3-5-14)6-8-19(9-7-16)11-13-10-17-12-18-13/h1-5,10,12H,6-9,11H2,(H,17,18)(H,20,21). The fourth-order valence-corrected chi connectivity index (χ4v) is 2.76. The van der Waals surface area contributed by atoms with Crippen LogP contribution in [0.2, 0.25) is 0 Å². The second-order valence-electron chi connectivity index (χ2n) is 5.57. The third kappa shape index (κ3) is 3.12. The summed E-state index contributed by atoms with van der Waals surface area (Å²) in [5, 5.41) is 9.63.